The number of thiazole rings is 1. The highest BCUT2D eigenvalue weighted by Crippen LogP contribution is 2.27. The molecule has 2 aromatic heterocycles. The Balaban J connectivity index is 1.89. The van der Waals surface area contributed by atoms with Gasteiger partial charge in [-0.15, -0.1) is 16.4 Å². The summed E-state index contributed by atoms with van der Waals surface area (Å²) in [5, 5.41) is 14.2. The molecule has 1 unspecified atom stereocenters. The van der Waals surface area contributed by atoms with E-state index in [1.807, 2.05) is 29.6 Å². The molecule has 0 spiro atoms. The summed E-state index contributed by atoms with van der Waals surface area (Å²) in [7, 11) is 0. The van der Waals surface area contributed by atoms with Gasteiger partial charge in [0.25, 0.3) is 0 Å². The fourth-order valence-corrected chi connectivity index (χ4v) is 2.98. The van der Waals surface area contributed by atoms with Crippen LogP contribution in [0.1, 0.15) is 30.8 Å². The topological polar surface area (TPSA) is 82.5 Å². The monoisotopic (exact) mass is 300 g/mol. The average molecular weight is 300 g/mol. The molecule has 3 aromatic rings. The number of nitrogens with two attached hydrogens (primary N) is 1. The van der Waals surface area contributed by atoms with Gasteiger partial charge in [0.05, 0.1) is 17.4 Å². The van der Waals surface area contributed by atoms with Crippen molar-refractivity contribution in [2.75, 3.05) is 0 Å². The molecular formula is C14H16N6S. The average Bonchev–Trinajstić information content (AvgIpc) is 3.19. The van der Waals surface area contributed by atoms with Crippen LogP contribution in [0.5, 0.6) is 0 Å². The van der Waals surface area contributed by atoms with Crippen molar-refractivity contribution in [2.24, 2.45) is 5.73 Å². The first-order valence-corrected chi connectivity index (χ1v) is 7.70. The third-order valence-corrected chi connectivity index (χ3v) is 4.17. The predicted octanol–water partition coefficient (Wildman–Crippen LogP) is 2.59. The molecule has 108 valence electrons. The van der Waals surface area contributed by atoms with Crippen molar-refractivity contribution in [1.82, 2.24) is 25.2 Å². The molecule has 0 aliphatic rings. The van der Waals surface area contributed by atoms with Crippen LogP contribution in [0.25, 0.3) is 16.9 Å². The summed E-state index contributed by atoms with van der Waals surface area (Å²) in [6.07, 6.45) is 3.59. The van der Waals surface area contributed by atoms with Gasteiger partial charge in [-0.25, -0.2) is 9.67 Å². The molecule has 1 atom stereocenters. The highest BCUT2D eigenvalue weighted by atomic mass is 32.1. The maximum Gasteiger partial charge on any atom is 0.143 e. The van der Waals surface area contributed by atoms with Crippen LogP contribution in [-0.2, 0) is 0 Å². The minimum atomic E-state index is 0.0245. The molecular weight excluding hydrogens is 284 g/mol. The van der Waals surface area contributed by atoms with Gasteiger partial charge in [-0.3, -0.25) is 0 Å². The van der Waals surface area contributed by atoms with Crippen LogP contribution in [0.15, 0.2) is 36.0 Å². The molecule has 0 saturated heterocycles. The van der Waals surface area contributed by atoms with Crippen LogP contribution in [0.3, 0.4) is 0 Å². The van der Waals surface area contributed by atoms with Crippen molar-refractivity contribution in [3.05, 3.63) is 41.0 Å². The Morgan fingerprint density at radius 1 is 1.38 bits per heavy atom. The fraction of sp³-hybridized carbons (Fsp3) is 0.286. The largest absolute Gasteiger partial charge is 0.322 e. The van der Waals surface area contributed by atoms with Gasteiger partial charge < -0.3 is 5.73 Å². The summed E-state index contributed by atoms with van der Waals surface area (Å²) < 4.78 is 1.62. The zero-order valence-corrected chi connectivity index (χ0v) is 12.5. The Hall–Kier alpha value is -2.12. The Morgan fingerprint density at radius 3 is 3.05 bits per heavy atom. The molecule has 0 bridgehead atoms. The lowest BCUT2D eigenvalue weighted by molar-refractivity contribution is 0.635. The van der Waals surface area contributed by atoms with E-state index in [2.05, 4.69) is 27.4 Å². The zero-order chi connectivity index (χ0) is 14.7. The highest BCUT2D eigenvalue weighted by molar-refractivity contribution is 7.10. The van der Waals surface area contributed by atoms with Gasteiger partial charge in [0, 0.05) is 10.9 Å². The molecule has 0 aliphatic carbocycles. The van der Waals surface area contributed by atoms with Gasteiger partial charge in [-0.2, -0.15) is 0 Å². The smallest absolute Gasteiger partial charge is 0.143 e. The molecule has 0 radical (unpaired) electrons. The number of aromatic nitrogens is 5. The number of rotatable bonds is 5. The highest BCUT2D eigenvalue weighted by Gasteiger charge is 2.11. The quantitative estimate of drug-likeness (QED) is 0.783. The Labute approximate surface area is 126 Å². The normalized spacial score (nSPS) is 12.5. The summed E-state index contributed by atoms with van der Waals surface area (Å²) in [5.41, 5.74) is 9.01. The van der Waals surface area contributed by atoms with Crippen LogP contribution in [0.4, 0.5) is 0 Å². The lowest BCUT2D eigenvalue weighted by atomic mass is 10.1. The first-order valence-electron chi connectivity index (χ1n) is 6.82. The van der Waals surface area contributed by atoms with Gasteiger partial charge in [0.2, 0.25) is 0 Å². The minimum Gasteiger partial charge on any atom is -0.322 e. The van der Waals surface area contributed by atoms with Crippen molar-refractivity contribution >= 4 is 11.3 Å². The number of nitrogens with zero attached hydrogens (tertiary/aromatic N) is 5. The van der Waals surface area contributed by atoms with Crippen molar-refractivity contribution in [3.63, 3.8) is 0 Å². The number of benzene rings is 1. The molecule has 0 fully saturated rings. The van der Waals surface area contributed by atoms with E-state index in [-0.39, 0.29) is 6.04 Å². The van der Waals surface area contributed by atoms with Crippen LogP contribution in [0, 0.1) is 0 Å². The first-order chi connectivity index (χ1) is 10.3. The van der Waals surface area contributed by atoms with Crippen LogP contribution >= 0.6 is 11.3 Å². The molecule has 1 aromatic carbocycles. The summed E-state index contributed by atoms with van der Waals surface area (Å²) in [6.45, 7) is 2.13. The molecule has 2 heterocycles. The van der Waals surface area contributed by atoms with E-state index in [1.165, 1.54) is 0 Å². The second-order valence-corrected chi connectivity index (χ2v) is 5.66. The van der Waals surface area contributed by atoms with Crippen LogP contribution < -0.4 is 5.73 Å². The minimum absolute atomic E-state index is 0.0245. The predicted molar refractivity (Wildman–Crippen MR) is 82.1 cm³/mol. The van der Waals surface area contributed by atoms with E-state index < -0.39 is 0 Å². The number of hydrogen-bond acceptors (Lipinski definition) is 6. The van der Waals surface area contributed by atoms with Gasteiger partial charge in [-0.1, -0.05) is 25.5 Å². The third kappa shape index (κ3) is 2.98. The maximum atomic E-state index is 6.12. The second-order valence-electron chi connectivity index (χ2n) is 4.77. The first kappa shape index (κ1) is 13.8. The summed E-state index contributed by atoms with van der Waals surface area (Å²) in [4.78, 5) is 4.65. The fourth-order valence-electron chi connectivity index (χ4n) is 2.11. The SMILES string of the molecule is CCCC(N)c1nc(-c2cccc(-n3cnnn3)c2)cs1. The summed E-state index contributed by atoms with van der Waals surface area (Å²) in [5.74, 6) is 0. The summed E-state index contributed by atoms with van der Waals surface area (Å²) in [6, 6.07) is 7.99. The van der Waals surface area contributed by atoms with Gasteiger partial charge in [0.1, 0.15) is 11.3 Å². The number of tetrazole rings is 1. The molecule has 3 rings (SSSR count). The standard InChI is InChI=1S/C14H16N6S/c1-2-4-12(15)14-17-13(8-21-14)10-5-3-6-11(7-10)20-9-16-18-19-20/h3,5-9,12H,2,4,15H2,1H3. The van der Waals surface area contributed by atoms with E-state index in [9.17, 15) is 0 Å². The van der Waals surface area contributed by atoms with E-state index in [0.29, 0.717) is 0 Å². The number of hydrogen-bond donors (Lipinski definition) is 1. The Bertz CT molecular complexity index is 706. The second kappa shape index (κ2) is 6.11. The molecule has 7 heteroatoms. The molecule has 0 amide bonds. The van der Waals surface area contributed by atoms with E-state index in [0.717, 1.165) is 34.8 Å². The molecule has 2 N–H and O–H groups in total. The van der Waals surface area contributed by atoms with Gasteiger partial charge >= 0.3 is 0 Å². The van der Waals surface area contributed by atoms with Gasteiger partial charge in [-0.05, 0) is 29.0 Å². The van der Waals surface area contributed by atoms with Gasteiger partial charge in [0.15, 0.2) is 0 Å². The van der Waals surface area contributed by atoms with E-state index >= 15 is 0 Å². The van der Waals surface area contributed by atoms with Crippen molar-refractivity contribution in [2.45, 2.75) is 25.8 Å². The molecule has 0 aliphatic heterocycles. The maximum absolute atomic E-state index is 6.12. The lowest BCUT2D eigenvalue weighted by Crippen LogP contribution is -2.09. The van der Waals surface area contributed by atoms with Crippen LogP contribution in [0.2, 0.25) is 0 Å². The van der Waals surface area contributed by atoms with E-state index in [1.54, 1.807) is 22.3 Å². The molecule has 0 saturated carbocycles. The molecule has 21 heavy (non-hydrogen) atoms. The lowest BCUT2D eigenvalue weighted by Gasteiger charge is -2.05. The Kier molecular flexibility index (Phi) is 4.03. The Morgan fingerprint density at radius 2 is 2.29 bits per heavy atom. The van der Waals surface area contributed by atoms with Crippen molar-refractivity contribution in [3.8, 4) is 16.9 Å². The summed E-state index contributed by atoms with van der Waals surface area (Å²) >= 11 is 1.61. The van der Waals surface area contributed by atoms with E-state index in [4.69, 9.17) is 5.73 Å². The van der Waals surface area contributed by atoms with Crippen molar-refractivity contribution < 1.29 is 0 Å². The zero-order valence-electron chi connectivity index (χ0n) is 11.7. The third-order valence-electron chi connectivity index (χ3n) is 3.19. The molecule has 6 nitrogen and oxygen atoms in total. The van der Waals surface area contributed by atoms with Crippen LogP contribution in [-0.4, -0.2) is 25.2 Å². The van der Waals surface area contributed by atoms with Crippen molar-refractivity contribution in [1.29, 1.82) is 0 Å².